The van der Waals surface area contributed by atoms with Gasteiger partial charge < -0.3 is 10.1 Å². The Morgan fingerprint density at radius 2 is 1.93 bits per heavy atom. The molecule has 2 heterocycles. The highest BCUT2D eigenvalue weighted by Gasteiger charge is 2.29. The molecule has 0 aromatic carbocycles. The number of hydrogen-bond acceptors (Lipinski definition) is 3. The van der Waals surface area contributed by atoms with Crippen LogP contribution in [0.1, 0.15) is 26.2 Å². The number of nitrogens with zero attached hydrogens (tertiary/aromatic N) is 1. The summed E-state index contributed by atoms with van der Waals surface area (Å²) < 4.78 is 5.42. The Morgan fingerprint density at radius 1 is 1.20 bits per heavy atom. The molecule has 2 aliphatic heterocycles. The zero-order chi connectivity index (χ0) is 10.7. The minimum Gasteiger partial charge on any atom is -0.381 e. The van der Waals surface area contributed by atoms with Gasteiger partial charge in [-0.1, -0.05) is 6.92 Å². The van der Waals surface area contributed by atoms with Crippen molar-refractivity contribution in [1.29, 1.82) is 0 Å². The molecule has 0 aliphatic carbocycles. The predicted octanol–water partition coefficient (Wildman–Crippen LogP) is 1.10. The fourth-order valence-electron chi connectivity index (χ4n) is 2.88. The van der Waals surface area contributed by atoms with Crippen molar-refractivity contribution in [3.63, 3.8) is 0 Å². The molecule has 2 rings (SSSR count). The molecule has 2 aliphatic rings. The van der Waals surface area contributed by atoms with Crippen molar-refractivity contribution in [3.05, 3.63) is 0 Å². The van der Waals surface area contributed by atoms with Crippen molar-refractivity contribution < 1.29 is 4.74 Å². The maximum atomic E-state index is 5.42. The first-order valence-corrected chi connectivity index (χ1v) is 6.29. The van der Waals surface area contributed by atoms with Crippen LogP contribution in [0, 0.1) is 5.92 Å². The van der Waals surface area contributed by atoms with Crippen LogP contribution in [0.25, 0.3) is 0 Å². The summed E-state index contributed by atoms with van der Waals surface area (Å²) in [6.07, 6.45) is 3.73. The van der Waals surface area contributed by atoms with Gasteiger partial charge in [-0.3, -0.25) is 4.90 Å². The number of piperidine rings is 1. The van der Waals surface area contributed by atoms with Gasteiger partial charge in [0.25, 0.3) is 0 Å². The fourth-order valence-corrected chi connectivity index (χ4v) is 2.88. The lowest BCUT2D eigenvalue weighted by Gasteiger charge is -2.42. The topological polar surface area (TPSA) is 24.5 Å². The maximum Gasteiger partial charge on any atom is 0.0480 e. The van der Waals surface area contributed by atoms with Crippen molar-refractivity contribution in [3.8, 4) is 0 Å². The van der Waals surface area contributed by atoms with Gasteiger partial charge in [0.1, 0.15) is 0 Å². The molecule has 0 saturated carbocycles. The second kappa shape index (κ2) is 5.28. The predicted molar refractivity (Wildman–Crippen MR) is 62.0 cm³/mol. The van der Waals surface area contributed by atoms with Gasteiger partial charge in [0.2, 0.25) is 0 Å². The Bertz CT molecular complexity index is 192. The van der Waals surface area contributed by atoms with Crippen LogP contribution in [0.15, 0.2) is 0 Å². The van der Waals surface area contributed by atoms with E-state index in [0.29, 0.717) is 0 Å². The van der Waals surface area contributed by atoms with Gasteiger partial charge >= 0.3 is 0 Å². The molecule has 2 atom stereocenters. The number of likely N-dealkylation sites (N-methyl/N-ethyl adjacent to an activating group) is 1. The summed E-state index contributed by atoms with van der Waals surface area (Å²) in [6.45, 7) is 6.64. The van der Waals surface area contributed by atoms with E-state index in [1.807, 2.05) is 0 Å². The molecule has 2 saturated heterocycles. The summed E-state index contributed by atoms with van der Waals surface area (Å²) >= 11 is 0. The fraction of sp³-hybridized carbons (Fsp3) is 1.00. The highest BCUT2D eigenvalue weighted by atomic mass is 16.5. The lowest BCUT2D eigenvalue weighted by atomic mass is 9.91. The van der Waals surface area contributed by atoms with Crippen molar-refractivity contribution in [1.82, 2.24) is 10.2 Å². The minimum absolute atomic E-state index is 0.724. The number of rotatable bonds is 2. The van der Waals surface area contributed by atoms with Crippen molar-refractivity contribution in [2.75, 3.05) is 33.4 Å². The van der Waals surface area contributed by atoms with Gasteiger partial charge in [-0.05, 0) is 38.8 Å². The summed E-state index contributed by atoms with van der Waals surface area (Å²) in [4.78, 5) is 2.60. The van der Waals surface area contributed by atoms with E-state index >= 15 is 0 Å². The van der Waals surface area contributed by atoms with Gasteiger partial charge in [0.05, 0.1) is 0 Å². The van der Waals surface area contributed by atoms with E-state index in [1.54, 1.807) is 0 Å². The lowest BCUT2D eigenvalue weighted by Crippen LogP contribution is -2.53. The van der Waals surface area contributed by atoms with E-state index in [2.05, 4.69) is 24.2 Å². The van der Waals surface area contributed by atoms with Gasteiger partial charge in [-0.2, -0.15) is 0 Å². The molecule has 0 aromatic heterocycles. The molecule has 0 spiro atoms. The Hall–Kier alpha value is -0.120. The summed E-state index contributed by atoms with van der Waals surface area (Å²) in [5, 5.41) is 3.51. The Balaban J connectivity index is 1.89. The first-order valence-electron chi connectivity index (χ1n) is 6.29. The molecular formula is C12H24N2O. The second-order valence-corrected chi connectivity index (χ2v) is 5.05. The Labute approximate surface area is 93.2 Å². The van der Waals surface area contributed by atoms with E-state index < -0.39 is 0 Å². The third-order valence-electron chi connectivity index (χ3n) is 4.08. The number of ether oxygens (including phenoxy) is 1. The third-order valence-corrected chi connectivity index (χ3v) is 4.08. The summed E-state index contributed by atoms with van der Waals surface area (Å²) in [5.41, 5.74) is 0. The van der Waals surface area contributed by atoms with Crippen LogP contribution in [0.5, 0.6) is 0 Å². The largest absolute Gasteiger partial charge is 0.381 e. The lowest BCUT2D eigenvalue weighted by molar-refractivity contribution is 0.0141. The van der Waals surface area contributed by atoms with Crippen LogP contribution in [-0.2, 0) is 4.74 Å². The molecule has 0 amide bonds. The van der Waals surface area contributed by atoms with Crippen LogP contribution in [0.3, 0.4) is 0 Å². The second-order valence-electron chi connectivity index (χ2n) is 5.05. The normalized spacial score (nSPS) is 34.6. The molecule has 0 radical (unpaired) electrons. The standard InChI is InChI=1S/C12H24N2O/c1-10-3-6-13-9-12(10)14(2)11-4-7-15-8-5-11/h10-13H,3-9H2,1-2H3. The molecule has 2 unspecified atom stereocenters. The van der Waals surface area contributed by atoms with Crippen molar-refractivity contribution in [2.24, 2.45) is 5.92 Å². The molecule has 3 heteroatoms. The SMILES string of the molecule is CC1CCNCC1N(C)C1CCOCC1. The summed E-state index contributed by atoms with van der Waals surface area (Å²) in [7, 11) is 2.30. The zero-order valence-electron chi connectivity index (χ0n) is 10.0. The van der Waals surface area contributed by atoms with Gasteiger partial charge in [0.15, 0.2) is 0 Å². The number of hydrogen-bond donors (Lipinski definition) is 1. The molecule has 88 valence electrons. The van der Waals surface area contributed by atoms with E-state index in [0.717, 1.165) is 37.8 Å². The third kappa shape index (κ3) is 2.71. The smallest absolute Gasteiger partial charge is 0.0480 e. The summed E-state index contributed by atoms with van der Waals surface area (Å²) in [5.74, 6) is 0.832. The van der Waals surface area contributed by atoms with E-state index in [1.165, 1.54) is 25.8 Å². The van der Waals surface area contributed by atoms with Gasteiger partial charge in [-0.15, -0.1) is 0 Å². The molecule has 0 bridgehead atoms. The van der Waals surface area contributed by atoms with E-state index in [9.17, 15) is 0 Å². The molecule has 15 heavy (non-hydrogen) atoms. The highest BCUT2D eigenvalue weighted by Crippen LogP contribution is 2.22. The molecule has 2 fully saturated rings. The molecular weight excluding hydrogens is 188 g/mol. The van der Waals surface area contributed by atoms with Crippen LogP contribution < -0.4 is 5.32 Å². The maximum absolute atomic E-state index is 5.42. The van der Waals surface area contributed by atoms with E-state index in [-0.39, 0.29) is 0 Å². The molecule has 1 N–H and O–H groups in total. The summed E-state index contributed by atoms with van der Waals surface area (Å²) in [6, 6.07) is 1.47. The van der Waals surface area contributed by atoms with Crippen LogP contribution in [-0.4, -0.2) is 50.3 Å². The van der Waals surface area contributed by atoms with Crippen molar-refractivity contribution in [2.45, 2.75) is 38.3 Å². The van der Waals surface area contributed by atoms with Crippen molar-refractivity contribution >= 4 is 0 Å². The Kier molecular flexibility index (Phi) is 4.00. The first-order chi connectivity index (χ1) is 7.29. The van der Waals surface area contributed by atoms with Crippen LogP contribution in [0.2, 0.25) is 0 Å². The highest BCUT2D eigenvalue weighted by molar-refractivity contribution is 4.86. The molecule has 3 nitrogen and oxygen atoms in total. The monoisotopic (exact) mass is 212 g/mol. The first kappa shape index (κ1) is 11.4. The van der Waals surface area contributed by atoms with Gasteiger partial charge in [0, 0.05) is 31.8 Å². The van der Waals surface area contributed by atoms with Crippen LogP contribution in [0.4, 0.5) is 0 Å². The van der Waals surface area contributed by atoms with Crippen LogP contribution >= 0.6 is 0 Å². The molecule has 0 aromatic rings. The van der Waals surface area contributed by atoms with E-state index in [4.69, 9.17) is 4.74 Å². The Morgan fingerprint density at radius 3 is 2.60 bits per heavy atom. The minimum atomic E-state index is 0.724. The quantitative estimate of drug-likeness (QED) is 0.742. The average Bonchev–Trinajstić information content (AvgIpc) is 2.30. The number of nitrogens with one attached hydrogen (secondary N) is 1. The average molecular weight is 212 g/mol. The van der Waals surface area contributed by atoms with Gasteiger partial charge in [-0.25, -0.2) is 0 Å². The zero-order valence-corrected chi connectivity index (χ0v) is 10.0.